The molecular weight excluding hydrogens is 368 g/mol. The van der Waals surface area contributed by atoms with E-state index in [0.717, 1.165) is 12.3 Å². The largest absolute Gasteiger partial charge is 0.393 e. The number of hydrogen-bond donors (Lipinski definition) is 5. The van der Waals surface area contributed by atoms with E-state index >= 15 is 0 Å². The van der Waals surface area contributed by atoms with Crippen molar-refractivity contribution in [2.45, 2.75) is 18.6 Å². The number of halogens is 2. The lowest BCUT2D eigenvalue weighted by Crippen LogP contribution is -2.41. The molecule has 1 unspecified atom stereocenters. The van der Waals surface area contributed by atoms with Crippen molar-refractivity contribution in [3.63, 3.8) is 0 Å². The number of hydrogen-bond acceptors (Lipinski definition) is 9. The van der Waals surface area contributed by atoms with E-state index in [-0.39, 0.29) is 30.7 Å². The smallest absolute Gasteiger partial charge is 0.312 e. The minimum atomic E-state index is -2.76. The van der Waals surface area contributed by atoms with E-state index in [1.54, 1.807) is 16.9 Å². The first-order chi connectivity index (χ1) is 12.4. The molecule has 11 heteroatoms. The zero-order valence-corrected chi connectivity index (χ0v) is 14.3. The summed E-state index contributed by atoms with van der Waals surface area (Å²) in [6.07, 6.45) is 3.54. The third-order valence-electron chi connectivity index (χ3n) is 3.44. The van der Waals surface area contributed by atoms with Gasteiger partial charge in [0.25, 0.3) is 0 Å². The Morgan fingerprint density at radius 3 is 2.92 bits per heavy atom. The number of carbonyl (C=O) groups is 1. The highest BCUT2D eigenvalue weighted by Crippen LogP contribution is 2.22. The van der Waals surface area contributed by atoms with Crippen LogP contribution in [0.2, 0.25) is 0 Å². The highest BCUT2D eigenvalue weighted by atomic mass is 32.1. The van der Waals surface area contributed by atoms with Gasteiger partial charge in [0.15, 0.2) is 17.1 Å². The van der Waals surface area contributed by atoms with Crippen LogP contribution >= 0.6 is 11.3 Å². The van der Waals surface area contributed by atoms with Gasteiger partial charge in [-0.25, -0.2) is 4.98 Å². The molecule has 1 aromatic heterocycles. The van der Waals surface area contributed by atoms with Gasteiger partial charge in [-0.3, -0.25) is 4.99 Å². The van der Waals surface area contributed by atoms with Crippen molar-refractivity contribution in [2.75, 3.05) is 13.2 Å². The van der Waals surface area contributed by atoms with Gasteiger partial charge >= 0.3 is 6.55 Å². The molecule has 0 aromatic carbocycles. The number of carbonyl (C=O) groups excluding carboxylic acids is 1. The average Bonchev–Trinajstić information content (AvgIpc) is 3.15. The van der Waals surface area contributed by atoms with Crippen LogP contribution in [-0.4, -0.2) is 58.3 Å². The number of aliphatic hydroxyl groups excluding tert-OH is 1. The Kier molecular flexibility index (Phi) is 6.66. The fourth-order valence-corrected chi connectivity index (χ4v) is 2.72. The maximum Gasteiger partial charge on any atom is 0.312 e. The van der Waals surface area contributed by atoms with Gasteiger partial charge < -0.3 is 31.1 Å². The summed E-state index contributed by atoms with van der Waals surface area (Å²) in [6.45, 7) is -3.55. The number of allylic oxidation sites excluding steroid dienone is 1. The molecule has 1 aliphatic heterocycles. The predicted octanol–water partition coefficient (Wildman–Crippen LogP) is 0.405. The van der Waals surface area contributed by atoms with Crippen molar-refractivity contribution in [3.05, 3.63) is 40.1 Å². The van der Waals surface area contributed by atoms with Gasteiger partial charge in [0, 0.05) is 35.5 Å². The molecule has 0 saturated heterocycles. The lowest BCUT2D eigenvalue weighted by molar-refractivity contribution is -0.127. The van der Waals surface area contributed by atoms with Crippen LogP contribution in [0.5, 0.6) is 0 Å². The van der Waals surface area contributed by atoms with Gasteiger partial charge in [-0.2, -0.15) is 8.78 Å². The SMILES string of the molecule is N=C(/C=C\NC(F)F)C1=C(CC(O)(C=O)CO)NC(c2nccs2)=NC1. The van der Waals surface area contributed by atoms with Gasteiger partial charge in [0.2, 0.25) is 0 Å². The highest BCUT2D eigenvalue weighted by molar-refractivity contribution is 7.11. The summed E-state index contributed by atoms with van der Waals surface area (Å²) in [5.74, 6) is 0.396. The molecule has 1 atom stereocenters. The zero-order valence-electron chi connectivity index (χ0n) is 13.4. The van der Waals surface area contributed by atoms with E-state index in [0.29, 0.717) is 16.4 Å². The number of aromatic nitrogens is 1. The Morgan fingerprint density at radius 2 is 2.35 bits per heavy atom. The topological polar surface area (TPSA) is 131 Å². The Bertz CT molecular complexity index is 748. The molecule has 0 amide bonds. The first-order valence-electron chi connectivity index (χ1n) is 7.41. The number of alkyl halides is 2. The Labute approximate surface area is 151 Å². The maximum atomic E-state index is 12.1. The Hall–Kier alpha value is -2.50. The standard InChI is InChI=1S/C15H17F2N5O3S/c16-14(17)20-2-1-10(18)9-6-21-12(13-19-3-4-26-13)22-11(9)5-15(25,7-23)8-24/h1-4,7,14,18,20,24-25H,5-6,8H2,(H,21,22)/b2-1-,18-10?. The van der Waals surface area contributed by atoms with Gasteiger partial charge in [0.1, 0.15) is 5.60 Å². The number of thiazole rings is 1. The normalized spacial score (nSPS) is 17.0. The number of aliphatic hydroxyl groups is 2. The van der Waals surface area contributed by atoms with Crippen molar-refractivity contribution >= 4 is 29.2 Å². The van der Waals surface area contributed by atoms with Crippen LogP contribution in [0, 0.1) is 5.41 Å². The second-order valence-electron chi connectivity index (χ2n) is 5.35. The number of nitrogens with zero attached hydrogens (tertiary/aromatic N) is 2. The molecule has 5 N–H and O–H groups in total. The summed E-state index contributed by atoms with van der Waals surface area (Å²) in [6, 6.07) is 0. The van der Waals surface area contributed by atoms with Gasteiger partial charge in [-0.1, -0.05) is 0 Å². The summed E-state index contributed by atoms with van der Waals surface area (Å²) < 4.78 is 24.3. The average molecular weight is 385 g/mol. The summed E-state index contributed by atoms with van der Waals surface area (Å²) in [7, 11) is 0. The summed E-state index contributed by atoms with van der Waals surface area (Å²) in [5, 5.41) is 34.4. The van der Waals surface area contributed by atoms with Crippen molar-refractivity contribution in [2.24, 2.45) is 4.99 Å². The molecular formula is C15H17F2N5O3S. The maximum absolute atomic E-state index is 12.1. The second kappa shape index (κ2) is 8.74. The van der Waals surface area contributed by atoms with Crippen LogP contribution in [0.1, 0.15) is 11.4 Å². The van der Waals surface area contributed by atoms with E-state index in [4.69, 9.17) is 5.41 Å². The third-order valence-corrected chi connectivity index (χ3v) is 4.22. The molecule has 140 valence electrons. The lowest BCUT2D eigenvalue weighted by atomic mass is 9.95. The van der Waals surface area contributed by atoms with Crippen molar-refractivity contribution in [1.29, 1.82) is 5.41 Å². The summed E-state index contributed by atoms with van der Waals surface area (Å²) in [5.41, 5.74) is -1.59. The summed E-state index contributed by atoms with van der Waals surface area (Å²) in [4.78, 5) is 19.5. The first kappa shape index (κ1) is 19.8. The minimum Gasteiger partial charge on any atom is -0.393 e. The molecule has 2 rings (SSSR count). The molecule has 2 heterocycles. The van der Waals surface area contributed by atoms with Crippen LogP contribution in [-0.2, 0) is 4.79 Å². The fourth-order valence-electron chi connectivity index (χ4n) is 2.12. The first-order valence-corrected chi connectivity index (χ1v) is 8.29. The number of amidine groups is 1. The molecule has 8 nitrogen and oxygen atoms in total. The Balaban J connectivity index is 2.28. The predicted molar refractivity (Wildman–Crippen MR) is 92.4 cm³/mol. The zero-order chi connectivity index (χ0) is 19.2. The quantitative estimate of drug-likeness (QED) is 0.238. The monoisotopic (exact) mass is 385 g/mol. The van der Waals surface area contributed by atoms with E-state index < -0.39 is 18.8 Å². The van der Waals surface area contributed by atoms with Crippen LogP contribution in [0.4, 0.5) is 8.78 Å². The fraction of sp³-hybridized carbons (Fsp3) is 0.333. The van der Waals surface area contributed by atoms with Gasteiger partial charge in [0.05, 0.1) is 18.9 Å². The van der Waals surface area contributed by atoms with E-state index in [9.17, 15) is 23.8 Å². The molecule has 1 aromatic rings. The molecule has 1 aliphatic rings. The lowest BCUT2D eigenvalue weighted by Gasteiger charge is -2.26. The molecule has 26 heavy (non-hydrogen) atoms. The minimum absolute atomic E-state index is 0.0233. The number of aliphatic imine (C=N–C) groups is 1. The van der Waals surface area contributed by atoms with Crippen molar-refractivity contribution in [3.8, 4) is 0 Å². The van der Waals surface area contributed by atoms with E-state index in [1.807, 2.05) is 0 Å². The number of rotatable bonds is 9. The molecule has 0 saturated carbocycles. The van der Waals surface area contributed by atoms with Crippen LogP contribution < -0.4 is 10.6 Å². The molecule has 0 spiro atoms. The van der Waals surface area contributed by atoms with Crippen molar-refractivity contribution < 1.29 is 23.8 Å². The van der Waals surface area contributed by atoms with Crippen LogP contribution in [0.25, 0.3) is 0 Å². The van der Waals surface area contributed by atoms with Crippen LogP contribution in [0.15, 0.2) is 40.1 Å². The van der Waals surface area contributed by atoms with Crippen molar-refractivity contribution in [1.82, 2.24) is 15.6 Å². The molecule has 0 fully saturated rings. The molecule has 0 radical (unpaired) electrons. The highest BCUT2D eigenvalue weighted by Gasteiger charge is 2.31. The molecule has 0 bridgehead atoms. The number of aldehydes is 1. The van der Waals surface area contributed by atoms with Gasteiger partial charge in [-0.05, 0) is 6.08 Å². The molecule has 0 aliphatic carbocycles. The Morgan fingerprint density at radius 1 is 1.58 bits per heavy atom. The van der Waals surface area contributed by atoms with E-state index in [2.05, 4.69) is 15.3 Å². The van der Waals surface area contributed by atoms with Gasteiger partial charge in [-0.15, -0.1) is 11.3 Å². The number of nitrogens with one attached hydrogen (secondary N) is 3. The third kappa shape index (κ3) is 5.00. The summed E-state index contributed by atoms with van der Waals surface area (Å²) >= 11 is 1.32. The van der Waals surface area contributed by atoms with Crippen LogP contribution in [0.3, 0.4) is 0 Å². The second-order valence-corrected chi connectivity index (χ2v) is 6.25. The van der Waals surface area contributed by atoms with E-state index in [1.165, 1.54) is 11.3 Å².